The van der Waals surface area contributed by atoms with Crippen LogP contribution in [0.25, 0.3) is 11.1 Å². The van der Waals surface area contributed by atoms with E-state index in [1.54, 1.807) is 18.2 Å². The first-order chi connectivity index (χ1) is 13.0. The lowest BCUT2D eigenvalue weighted by Crippen LogP contribution is -2.40. The molecule has 0 radical (unpaired) electrons. The van der Waals surface area contributed by atoms with Gasteiger partial charge in [-0.25, -0.2) is 9.18 Å². The topological polar surface area (TPSA) is 44.8 Å². The van der Waals surface area contributed by atoms with Crippen LogP contribution in [0.15, 0.2) is 36.4 Å². The van der Waals surface area contributed by atoms with Crippen molar-refractivity contribution in [3.8, 4) is 16.9 Å². The molecule has 0 saturated carbocycles. The second-order valence-corrected chi connectivity index (χ2v) is 13.1. The van der Waals surface area contributed by atoms with Gasteiger partial charge >= 0.3 is 5.97 Å². The maximum atomic E-state index is 14.4. The van der Waals surface area contributed by atoms with E-state index in [-0.39, 0.29) is 10.6 Å². The van der Waals surface area contributed by atoms with E-state index in [4.69, 9.17) is 13.9 Å². The van der Waals surface area contributed by atoms with Crippen molar-refractivity contribution in [2.75, 3.05) is 14.2 Å². The average Bonchev–Trinajstić information content (AvgIpc) is 2.65. The maximum Gasteiger partial charge on any atom is 0.338 e. The molecule has 0 spiro atoms. The molecule has 0 heterocycles. The molecule has 0 amide bonds. The molecule has 6 heteroatoms. The van der Waals surface area contributed by atoms with Crippen LogP contribution in [0.1, 0.15) is 36.7 Å². The molecule has 0 bridgehead atoms. The van der Waals surface area contributed by atoms with Crippen molar-refractivity contribution < 1.29 is 23.1 Å². The Labute approximate surface area is 167 Å². The molecule has 0 atom stereocenters. The summed E-state index contributed by atoms with van der Waals surface area (Å²) in [4.78, 5) is 12.4. The van der Waals surface area contributed by atoms with E-state index < -0.39 is 20.1 Å². The largest absolute Gasteiger partial charge is 0.497 e. The Kier molecular flexibility index (Phi) is 6.67. The van der Waals surface area contributed by atoms with Crippen LogP contribution in [0.4, 0.5) is 4.39 Å². The van der Waals surface area contributed by atoms with E-state index in [1.165, 1.54) is 26.4 Å². The van der Waals surface area contributed by atoms with Gasteiger partial charge in [0, 0.05) is 5.56 Å². The zero-order valence-corrected chi connectivity index (χ0v) is 18.7. The molecule has 2 aromatic carbocycles. The van der Waals surface area contributed by atoms with Crippen molar-refractivity contribution >= 4 is 14.3 Å². The highest BCUT2D eigenvalue weighted by Gasteiger charge is 2.37. The van der Waals surface area contributed by atoms with Crippen LogP contribution in [-0.4, -0.2) is 28.5 Å². The van der Waals surface area contributed by atoms with Gasteiger partial charge in [-0.1, -0.05) is 32.9 Å². The monoisotopic (exact) mass is 404 g/mol. The Balaban J connectivity index is 2.44. The van der Waals surface area contributed by atoms with Gasteiger partial charge in [-0.15, -0.1) is 0 Å². The summed E-state index contributed by atoms with van der Waals surface area (Å²) in [7, 11) is 0.894. The lowest BCUT2D eigenvalue weighted by molar-refractivity contribution is 0.0601. The van der Waals surface area contributed by atoms with Gasteiger partial charge in [0.25, 0.3) is 0 Å². The highest BCUT2D eigenvalue weighted by Crippen LogP contribution is 2.37. The number of esters is 1. The summed E-state index contributed by atoms with van der Waals surface area (Å²) in [6.45, 7) is 11.3. The molecule has 0 aliphatic heterocycles. The number of hydrogen-bond donors (Lipinski definition) is 0. The fourth-order valence-corrected chi connectivity index (χ4v) is 3.47. The minimum atomic E-state index is -1.93. The predicted octanol–water partition coefficient (Wildman–Crippen LogP) is 5.81. The lowest BCUT2D eigenvalue weighted by Gasteiger charge is -2.36. The molecular formula is C22H29FO4Si. The maximum absolute atomic E-state index is 14.4. The number of methoxy groups -OCH3 is 2. The standard InChI is InChI=1S/C22H29FO4Si/c1-22(2,3)28(6,7)27-14-15-8-10-17(19(12-15)21(24)26-5)18-13-16(25-4)9-11-20(18)23/h8-13H,14H2,1-7H3. The summed E-state index contributed by atoms with van der Waals surface area (Å²) < 4.78 is 30.8. The van der Waals surface area contributed by atoms with Crippen molar-refractivity contribution in [2.45, 2.75) is 45.5 Å². The molecule has 2 aromatic rings. The van der Waals surface area contributed by atoms with Gasteiger partial charge in [0.2, 0.25) is 0 Å². The van der Waals surface area contributed by atoms with Gasteiger partial charge in [0.15, 0.2) is 8.32 Å². The Morgan fingerprint density at radius 1 is 1.04 bits per heavy atom. The van der Waals surface area contributed by atoms with E-state index in [0.717, 1.165) is 5.56 Å². The Hall–Kier alpha value is -2.18. The van der Waals surface area contributed by atoms with Gasteiger partial charge in [0.05, 0.1) is 26.4 Å². The highest BCUT2D eigenvalue weighted by molar-refractivity contribution is 6.74. The fourth-order valence-electron chi connectivity index (χ4n) is 2.51. The summed E-state index contributed by atoms with van der Waals surface area (Å²) in [6.07, 6.45) is 0. The van der Waals surface area contributed by atoms with Gasteiger partial charge in [-0.3, -0.25) is 0 Å². The van der Waals surface area contributed by atoms with E-state index >= 15 is 0 Å². The van der Waals surface area contributed by atoms with Gasteiger partial charge in [-0.05, 0) is 53.5 Å². The molecule has 0 fully saturated rings. The van der Waals surface area contributed by atoms with Crippen molar-refractivity contribution in [2.24, 2.45) is 0 Å². The molecule has 4 nitrogen and oxygen atoms in total. The summed E-state index contributed by atoms with van der Waals surface area (Å²) in [5, 5.41) is 0.0852. The number of rotatable bonds is 6. The zero-order valence-electron chi connectivity index (χ0n) is 17.7. The van der Waals surface area contributed by atoms with Gasteiger partial charge < -0.3 is 13.9 Å². The summed E-state index contributed by atoms with van der Waals surface area (Å²) >= 11 is 0. The van der Waals surface area contributed by atoms with Crippen molar-refractivity contribution in [3.63, 3.8) is 0 Å². The third-order valence-electron chi connectivity index (χ3n) is 5.36. The van der Waals surface area contributed by atoms with E-state index in [9.17, 15) is 9.18 Å². The molecule has 2 rings (SSSR count). The number of ether oxygens (including phenoxy) is 2. The van der Waals surface area contributed by atoms with Crippen LogP contribution in [0, 0.1) is 5.82 Å². The zero-order chi connectivity index (χ0) is 21.1. The van der Waals surface area contributed by atoms with Gasteiger partial charge in [0.1, 0.15) is 11.6 Å². The van der Waals surface area contributed by atoms with Crippen molar-refractivity contribution in [1.82, 2.24) is 0 Å². The van der Waals surface area contributed by atoms with Crippen LogP contribution < -0.4 is 4.74 Å². The molecule has 0 saturated heterocycles. The van der Waals surface area contributed by atoms with E-state index in [2.05, 4.69) is 33.9 Å². The van der Waals surface area contributed by atoms with E-state index in [0.29, 0.717) is 23.5 Å². The number of benzene rings is 2. The second kappa shape index (κ2) is 8.45. The van der Waals surface area contributed by atoms with Crippen LogP contribution >= 0.6 is 0 Å². The Morgan fingerprint density at radius 3 is 2.29 bits per heavy atom. The number of hydrogen-bond acceptors (Lipinski definition) is 4. The predicted molar refractivity (Wildman–Crippen MR) is 112 cm³/mol. The molecular weight excluding hydrogens is 375 g/mol. The number of carbonyl (C=O) groups is 1. The number of carbonyl (C=O) groups excluding carboxylic acids is 1. The normalized spacial score (nSPS) is 12.0. The minimum absolute atomic E-state index is 0.0852. The first kappa shape index (κ1) is 22.1. The van der Waals surface area contributed by atoms with Crippen LogP contribution in [0.5, 0.6) is 5.75 Å². The third kappa shape index (κ3) is 4.80. The molecule has 152 valence electrons. The summed E-state index contributed by atoms with van der Waals surface area (Å²) in [6, 6.07) is 9.74. The fraction of sp³-hybridized carbons (Fsp3) is 0.409. The second-order valence-electron chi connectivity index (χ2n) is 8.27. The van der Waals surface area contributed by atoms with Crippen molar-refractivity contribution in [1.29, 1.82) is 0 Å². The van der Waals surface area contributed by atoms with Crippen molar-refractivity contribution in [3.05, 3.63) is 53.3 Å². The van der Waals surface area contributed by atoms with E-state index in [1.807, 2.05) is 6.07 Å². The molecule has 0 aliphatic carbocycles. The van der Waals surface area contributed by atoms with Crippen LogP contribution in [0.2, 0.25) is 18.1 Å². The Bertz CT molecular complexity index is 856. The Morgan fingerprint density at radius 2 is 1.71 bits per heavy atom. The summed E-state index contributed by atoms with van der Waals surface area (Å²) in [5.41, 5.74) is 1.89. The summed E-state index contributed by atoms with van der Waals surface area (Å²) in [5.74, 6) is -0.444. The smallest absolute Gasteiger partial charge is 0.338 e. The lowest BCUT2D eigenvalue weighted by atomic mass is 9.97. The SMILES string of the molecule is COC(=O)c1cc(CO[Si](C)(C)C(C)(C)C)ccc1-c1cc(OC)ccc1F. The van der Waals surface area contributed by atoms with Crippen LogP contribution in [-0.2, 0) is 15.8 Å². The minimum Gasteiger partial charge on any atom is -0.497 e. The van der Waals surface area contributed by atoms with Gasteiger partial charge in [-0.2, -0.15) is 0 Å². The molecule has 0 unspecified atom stereocenters. The average molecular weight is 405 g/mol. The first-order valence-electron chi connectivity index (χ1n) is 9.19. The quantitative estimate of drug-likeness (QED) is 0.450. The number of halogens is 1. The molecule has 0 aromatic heterocycles. The first-order valence-corrected chi connectivity index (χ1v) is 12.1. The third-order valence-corrected chi connectivity index (χ3v) is 9.84. The van der Waals surface area contributed by atoms with Crippen LogP contribution in [0.3, 0.4) is 0 Å². The molecule has 28 heavy (non-hydrogen) atoms. The molecule has 0 aliphatic rings. The highest BCUT2D eigenvalue weighted by atomic mass is 28.4. The molecule has 0 N–H and O–H groups in total.